The van der Waals surface area contributed by atoms with Crippen LogP contribution in [0.4, 0.5) is 0 Å². The third-order valence-corrected chi connectivity index (χ3v) is 3.72. The van der Waals surface area contributed by atoms with Crippen LogP contribution in [0.25, 0.3) is 5.65 Å². The number of rotatable bonds is 3. The number of hydrogen-bond donors (Lipinski definition) is 0. The van der Waals surface area contributed by atoms with Crippen molar-refractivity contribution in [2.45, 2.75) is 39.7 Å². The Morgan fingerprint density at radius 2 is 1.92 bits per heavy atom. The number of hydrogen-bond acceptors (Lipinski definition) is 4. The molecule has 24 heavy (non-hydrogen) atoms. The van der Waals surface area contributed by atoms with Crippen LogP contribution in [-0.2, 0) is 11.2 Å². The number of aromatic nitrogens is 3. The lowest BCUT2D eigenvalue weighted by molar-refractivity contribution is 0.00599. The Labute approximate surface area is 141 Å². The molecule has 0 amide bonds. The first kappa shape index (κ1) is 16.2. The molecule has 0 fully saturated rings. The third-order valence-electron chi connectivity index (χ3n) is 3.72. The summed E-state index contributed by atoms with van der Waals surface area (Å²) >= 11 is 0. The Morgan fingerprint density at radius 3 is 2.58 bits per heavy atom. The highest BCUT2D eigenvalue weighted by molar-refractivity contribution is 5.90. The predicted molar refractivity (Wildman–Crippen MR) is 92.1 cm³/mol. The van der Waals surface area contributed by atoms with Gasteiger partial charge in [0.05, 0.1) is 0 Å². The number of benzene rings is 1. The molecule has 0 aliphatic carbocycles. The van der Waals surface area contributed by atoms with Gasteiger partial charge in [0.25, 0.3) is 0 Å². The summed E-state index contributed by atoms with van der Waals surface area (Å²) < 4.78 is 7.18. The fraction of sp³-hybridized carbons (Fsp3) is 0.316. The number of carbonyl (C=O) groups is 1. The van der Waals surface area contributed by atoms with Crippen LogP contribution in [0.1, 0.15) is 48.0 Å². The molecule has 3 rings (SSSR count). The minimum Gasteiger partial charge on any atom is -0.455 e. The molecule has 5 heteroatoms. The first-order chi connectivity index (χ1) is 11.3. The Balaban J connectivity index is 2.11. The number of esters is 1. The van der Waals surface area contributed by atoms with Gasteiger partial charge in [0.15, 0.2) is 11.3 Å². The van der Waals surface area contributed by atoms with E-state index in [1.54, 1.807) is 16.9 Å². The number of carbonyl (C=O) groups excluding carboxylic acids is 1. The van der Waals surface area contributed by atoms with Gasteiger partial charge in [-0.05, 0) is 44.4 Å². The second-order valence-electron chi connectivity index (χ2n) is 6.81. The highest BCUT2D eigenvalue weighted by Crippen LogP contribution is 2.22. The van der Waals surface area contributed by atoms with Crippen LogP contribution in [0.2, 0.25) is 0 Å². The van der Waals surface area contributed by atoms with E-state index in [0.717, 1.165) is 22.3 Å². The van der Waals surface area contributed by atoms with E-state index in [4.69, 9.17) is 4.74 Å². The normalized spacial score (nSPS) is 11.7. The standard InChI is InChI=1S/C19H21N3O2/c1-13-15(12-14-8-6-5-7-9-14)16(18(23)24-19(2,3)4)21-22-11-10-20-17(13)22/h5-11H,12H2,1-4H3. The molecule has 2 heterocycles. The first-order valence-electron chi connectivity index (χ1n) is 7.95. The highest BCUT2D eigenvalue weighted by atomic mass is 16.6. The number of fused-ring (bicyclic) bond motifs is 1. The van der Waals surface area contributed by atoms with Gasteiger partial charge in [-0.15, -0.1) is 0 Å². The van der Waals surface area contributed by atoms with E-state index in [0.29, 0.717) is 12.1 Å². The van der Waals surface area contributed by atoms with E-state index in [1.165, 1.54) is 0 Å². The molecule has 0 bridgehead atoms. The van der Waals surface area contributed by atoms with Crippen LogP contribution in [-0.4, -0.2) is 26.2 Å². The van der Waals surface area contributed by atoms with Crippen molar-refractivity contribution in [2.75, 3.05) is 0 Å². The molecule has 5 nitrogen and oxygen atoms in total. The second-order valence-corrected chi connectivity index (χ2v) is 6.81. The largest absolute Gasteiger partial charge is 0.455 e. The van der Waals surface area contributed by atoms with Gasteiger partial charge < -0.3 is 4.74 Å². The lowest BCUT2D eigenvalue weighted by Gasteiger charge is -2.20. The van der Waals surface area contributed by atoms with Crippen LogP contribution in [0.3, 0.4) is 0 Å². The second kappa shape index (κ2) is 6.07. The molecule has 0 aliphatic rings. The van der Waals surface area contributed by atoms with E-state index in [-0.39, 0.29) is 0 Å². The van der Waals surface area contributed by atoms with Gasteiger partial charge in [-0.25, -0.2) is 14.3 Å². The minimum atomic E-state index is -0.569. The summed E-state index contributed by atoms with van der Waals surface area (Å²) in [5, 5.41) is 4.46. The van der Waals surface area contributed by atoms with E-state index < -0.39 is 11.6 Å². The number of imidazole rings is 1. The van der Waals surface area contributed by atoms with Crippen molar-refractivity contribution in [1.82, 2.24) is 14.6 Å². The summed E-state index contributed by atoms with van der Waals surface area (Å²) in [6.45, 7) is 7.52. The molecule has 124 valence electrons. The maximum atomic E-state index is 12.7. The van der Waals surface area contributed by atoms with E-state index in [2.05, 4.69) is 10.1 Å². The van der Waals surface area contributed by atoms with Crippen LogP contribution in [0.15, 0.2) is 42.7 Å². The number of ether oxygens (including phenoxy) is 1. The Morgan fingerprint density at radius 1 is 1.21 bits per heavy atom. The van der Waals surface area contributed by atoms with Crippen molar-refractivity contribution in [3.8, 4) is 0 Å². The number of aryl methyl sites for hydroxylation is 1. The summed E-state index contributed by atoms with van der Waals surface area (Å²) in [5.74, 6) is -0.410. The van der Waals surface area contributed by atoms with Crippen LogP contribution in [0, 0.1) is 6.92 Å². The monoisotopic (exact) mass is 323 g/mol. The summed E-state index contributed by atoms with van der Waals surface area (Å²) in [5.41, 5.74) is 3.45. The van der Waals surface area contributed by atoms with Crippen molar-refractivity contribution in [3.05, 3.63) is 65.1 Å². The van der Waals surface area contributed by atoms with Gasteiger partial charge in [0.2, 0.25) is 0 Å². The molecular formula is C19H21N3O2. The van der Waals surface area contributed by atoms with Gasteiger partial charge in [-0.3, -0.25) is 0 Å². The smallest absolute Gasteiger partial charge is 0.359 e. The molecule has 0 unspecified atom stereocenters. The Bertz CT molecular complexity index is 877. The molecule has 1 aromatic carbocycles. The maximum Gasteiger partial charge on any atom is 0.359 e. The molecule has 0 atom stereocenters. The average molecular weight is 323 g/mol. The molecule has 0 spiro atoms. The predicted octanol–water partition coefficient (Wildman–Crippen LogP) is 3.58. The van der Waals surface area contributed by atoms with E-state index in [1.807, 2.05) is 58.0 Å². The third kappa shape index (κ3) is 3.30. The fourth-order valence-corrected chi connectivity index (χ4v) is 2.63. The lowest BCUT2D eigenvalue weighted by atomic mass is 9.99. The van der Waals surface area contributed by atoms with Crippen molar-refractivity contribution in [3.63, 3.8) is 0 Å². The molecule has 0 radical (unpaired) electrons. The number of nitrogens with zero attached hydrogens (tertiary/aromatic N) is 3. The molecule has 0 saturated heterocycles. The van der Waals surface area contributed by atoms with Gasteiger partial charge in [0, 0.05) is 18.8 Å². The topological polar surface area (TPSA) is 56.5 Å². The maximum absolute atomic E-state index is 12.7. The van der Waals surface area contributed by atoms with Gasteiger partial charge in [0.1, 0.15) is 5.60 Å². The fourth-order valence-electron chi connectivity index (χ4n) is 2.63. The Hall–Kier alpha value is -2.69. The van der Waals surface area contributed by atoms with Crippen LogP contribution < -0.4 is 0 Å². The zero-order valence-electron chi connectivity index (χ0n) is 14.4. The average Bonchev–Trinajstić information content (AvgIpc) is 2.98. The van der Waals surface area contributed by atoms with Crippen molar-refractivity contribution < 1.29 is 9.53 Å². The molecule has 2 aromatic heterocycles. The van der Waals surface area contributed by atoms with Crippen molar-refractivity contribution >= 4 is 11.6 Å². The van der Waals surface area contributed by atoms with Crippen LogP contribution >= 0.6 is 0 Å². The SMILES string of the molecule is Cc1c(Cc2ccccc2)c(C(=O)OC(C)(C)C)nn2ccnc12. The van der Waals surface area contributed by atoms with E-state index >= 15 is 0 Å². The first-order valence-corrected chi connectivity index (χ1v) is 7.95. The minimum absolute atomic E-state index is 0.344. The summed E-state index contributed by atoms with van der Waals surface area (Å²) in [7, 11) is 0. The quantitative estimate of drug-likeness (QED) is 0.691. The summed E-state index contributed by atoms with van der Waals surface area (Å²) in [6.07, 6.45) is 4.03. The highest BCUT2D eigenvalue weighted by Gasteiger charge is 2.24. The zero-order chi connectivity index (χ0) is 17.3. The van der Waals surface area contributed by atoms with Crippen LogP contribution in [0.5, 0.6) is 0 Å². The molecule has 0 aliphatic heterocycles. The van der Waals surface area contributed by atoms with Gasteiger partial charge >= 0.3 is 5.97 Å². The van der Waals surface area contributed by atoms with Gasteiger partial charge in [-0.1, -0.05) is 30.3 Å². The summed E-state index contributed by atoms with van der Waals surface area (Å²) in [4.78, 5) is 17.0. The molecule has 3 aromatic rings. The molecule has 0 N–H and O–H groups in total. The van der Waals surface area contributed by atoms with Crippen molar-refractivity contribution in [1.29, 1.82) is 0 Å². The van der Waals surface area contributed by atoms with Gasteiger partial charge in [-0.2, -0.15) is 5.10 Å². The lowest BCUT2D eigenvalue weighted by Crippen LogP contribution is -2.26. The van der Waals surface area contributed by atoms with E-state index in [9.17, 15) is 4.79 Å². The molecular weight excluding hydrogens is 302 g/mol. The summed E-state index contributed by atoms with van der Waals surface area (Å²) in [6, 6.07) is 10.0. The zero-order valence-corrected chi connectivity index (χ0v) is 14.4. The van der Waals surface area contributed by atoms with Crippen molar-refractivity contribution in [2.24, 2.45) is 0 Å². The molecule has 0 saturated carbocycles. The Kier molecular flexibility index (Phi) is 4.09.